The number of rotatable bonds is 7. The minimum absolute atomic E-state index is 0.101. The number of carbonyl (C=O) groups excluding carboxylic acids is 3. The largest absolute Gasteiger partial charge is 0.368 e. The number of aldehydes is 1. The molecule has 2 amide bonds. The number of amides is 2. The summed E-state index contributed by atoms with van der Waals surface area (Å²) in [6.07, 6.45) is 0.864. The summed E-state index contributed by atoms with van der Waals surface area (Å²) in [4.78, 5) is 34.2. The molecule has 1 aromatic rings. The zero-order chi connectivity index (χ0) is 18.1. The van der Waals surface area contributed by atoms with Gasteiger partial charge in [-0.25, -0.2) is 5.53 Å². The topological polar surface area (TPSA) is 125 Å². The Balaban J connectivity index is 3.09. The van der Waals surface area contributed by atoms with Gasteiger partial charge < -0.3 is 15.8 Å². The average molecular weight is 328 g/mol. The highest BCUT2D eigenvalue weighted by atomic mass is 16.2. The van der Waals surface area contributed by atoms with E-state index in [0.717, 1.165) is 0 Å². The number of nitrogens with zero attached hydrogens (tertiary/aromatic N) is 1. The quantitative estimate of drug-likeness (QED) is 0.402. The fourth-order valence-corrected chi connectivity index (χ4v) is 1.88. The monoisotopic (exact) mass is 328 g/mol. The fraction of sp³-hybridized carbons (Fsp3) is 0.353. The van der Waals surface area contributed by atoms with Gasteiger partial charge in [-0.15, -0.1) is 0 Å². The summed E-state index contributed by atoms with van der Waals surface area (Å²) in [5, 5.41) is 5.78. The standard InChI is InChI=1S/C17H20N4O3/c1-11(2)5-6-12-7-8-14(21-19)13(10-12)17(24)20-15(16(18)23)4-3-9-22/h7-11,15,19H,3-4H2,1-2H3,(H2,18,23)(H,20,24). The van der Waals surface area contributed by atoms with Crippen LogP contribution in [0, 0.1) is 23.3 Å². The summed E-state index contributed by atoms with van der Waals surface area (Å²) in [6.45, 7) is 3.89. The Morgan fingerprint density at radius 3 is 2.67 bits per heavy atom. The zero-order valence-corrected chi connectivity index (χ0v) is 13.6. The lowest BCUT2D eigenvalue weighted by Crippen LogP contribution is -2.44. The maximum Gasteiger partial charge on any atom is 0.254 e. The molecule has 0 saturated heterocycles. The van der Waals surface area contributed by atoms with Crippen LogP contribution in [0.2, 0.25) is 0 Å². The van der Waals surface area contributed by atoms with Crippen LogP contribution >= 0.6 is 0 Å². The number of hydrogen-bond donors (Lipinski definition) is 3. The predicted octanol–water partition coefficient (Wildman–Crippen LogP) is 1.92. The molecule has 0 fully saturated rings. The maximum absolute atomic E-state index is 12.4. The third kappa shape index (κ3) is 5.65. The molecule has 1 atom stereocenters. The van der Waals surface area contributed by atoms with Crippen molar-refractivity contribution in [1.29, 1.82) is 5.53 Å². The van der Waals surface area contributed by atoms with Crippen molar-refractivity contribution in [2.24, 2.45) is 16.8 Å². The van der Waals surface area contributed by atoms with E-state index in [4.69, 9.17) is 11.3 Å². The van der Waals surface area contributed by atoms with Crippen molar-refractivity contribution in [3.63, 3.8) is 0 Å². The van der Waals surface area contributed by atoms with E-state index in [2.05, 4.69) is 22.3 Å². The van der Waals surface area contributed by atoms with Crippen LogP contribution in [0.1, 0.15) is 42.6 Å². The molecule has 0 aliphatic carbocycles. The van der Waals surface area contributed by atoms with Crippen molar-refractivity contribution in [2.45, 2.75) is 32.7 Å². The number of carbonyl (C=O) groups is 3. The molecule has 7 heteroatoms. The Hall–Kier alpha value is -3.01. The summed E-state index contributed by atoms with van der Waals surface area (Å²) >= 11 is 0. The van der Waals surface area contributed by atoms with E-state index in [-0.39, 0.29) is 30.0 Å². The Morgan fingerprint density at radius 2 is 2.12 bits per heavy atom. The van der Waals surface area contributed by atoms with Crippen LogP contribution in [0.3, 0.4) is 0 Å². The summed E-state index contributed by atoms with van der Waals surface area (Å²) in [5.41, 5.74) is 13.3. The fourth-order valence-electron chi connectivity index (χ4n) is 1.88. The van der Waals surface area contributed by atoms with Crippen LogP contribution in [-0.2, 0) is 9.59 Å². The van der Waals surface area contributed by atoms with Crippen LogP contribution < -0.4 is 11.1 Å². The van der Waals surface area contributed by atoms with Crippen molar-refractivity contribution in [1.82, 2.24) is 5.32 Å². The Kier molecular flexibility index (Phi) is 7.30. The van der Waals surface area contributed by atoms with Gasteiger partial charge in [0.05, 0.1) is 11.3 Å². The third-order valence-corrected chi connectivity index (χ3v) is 3.09. The number of hydrogen-bond acceptors (Lipinski definition) is 5. The smallest absolute Gasteiger partial charge is 0.254 e. The molecule has 0 aliphatic rings. The number of nitrogens with two attached hydrogens (primary N) is 1. The lowest BCUT2D eigenvalue weighted by molar-refractivity contribution is -0.120. The minimum atomic E-state index is -0.966. The molecule has 0 aliphatic heterocycles. The van der Waals surface area contributed by atoms with E-state index in [1.165, 1.54) is 12.1 Å². The maximum atomic E-state index is 12.4. The van der Waals surface area contributed by atoms with Gasteiger partial charge in [-0.1, -0.05) is 25.7 Å². The average Bonchev–Trinajstić information content (AvgIpc) is 2.55. The molecular weight excluding hydrogens is 308 g/mol. The summed E-state index contributed by atoms with van der Waals surface area (Å²) in [6, 6.07) is 3.72. The molecule has 0 aromatic heterocycles. The molecule has 0 radical (unpaired) electrons. The second-order valence-corrected chi connectivity index (χ2v) is 5.44. The predicted molar refractivity (Wildman–Crippen MR) is 88.7 cm³/mol. The van der Waals surface area contributed by atoms with Crippen LogP contribution in [-0.4, -0.2) is 24.1 Å². The highest BCUT2D eigenvalue weighted by Crippen LogP contribution is 2.20. The molecule has 126 valence electrons. The van der Waals surface area contributed by atoms with Crippen molar-refractivity contribution < 1.29 is 14.4 Å². The first-order valence-electron chi connectivity index (χ1n) is 7.46. The highest BCUT2D eigenvalue weighted by molar-refractivity contribution is 6.01. The van der Waals surface area contributed by atoms with Crippen LogP contribution in [0.5, 0.6) is 0 Å². The van der Waals surface area contributed by atoms with Gasteiger partial charge in [-0.3, -0.25) is 9.59 Å². The molecule has 7 nitrogen and oxygen atoms in total. The zero-order valence-electron chi connectivity index (χ0n) is 13.6. The lowest BCUT2D eigenvalue weighted by Gasteiger charge is -2.15. The minimum Gasteiger partial charge on any atom is -0.368 e. The van der Waals surface area contributed by atoms with E-state index in [9.17, 15) is 14.4 Å². The van der Waals surface area contributed by atoms with Crippen molar-refractivity contribution in [3.8, 4) is 11.8 Å². The second kappa shape index (κ2) is 9.20. The molecule has 0 saturated carbocycles. The Bertz CT molecular complexity index is 702. The van der Waals surface area contributed by atoms with Crippen molar-refractivity contribution in [3.05, 3.63) is 29.3 Å². The molecule has 1 unspecified atom stereocenters. The molecule has 1 rings (SSSR count). The van der Waals surface area contributed by atoms with Gasteiger partial charge >= 0.3 is 0 Å². The van der Waals surface area contributed by atoms with Gasteiger partial charge in [0.2, 0.25) is 5.91 Å². The molecule has 0 heterocycles. The van der Waals surface area contributed by atoms with Crippen molar-refractivity contribution >= 4 is 23.8 Å². The van der Waals surface area contributed by atoms with Gasteiger partial charge in [0.25, 0.3) is 5.91 Å². The van der Waals surface area contributed by atoms with Gasteiger partial charge in [0.1, 0.15) is 12.3 Å². The molecule has 0 spiro atoms. The summed E-state index contributed by atoms with van der Waals surface area (Å²) in [5.74, 6) is 4.76. The van der Waals surface area contributed by atoms with E-state index < -0.39 is 17.9 Å². The van der Waals surface area contributed by atoms with Crippen LogP contribution in [0.4, 0.5) is 5.69 Å². The normalized spacial score (nSPS) is 11.1. The first-order chi connectivity index (χ1) is 11.4. The lowest BCUT2D eigenvalue weighted by atomic mass is 10.1. The second-order valence-electron chi connectivity index (χ2n) is 5.44. The number of primary amides is 1. The first-order valence-corrected chi connectivity index (χ1v) is 7.46. The summed E-state index contributed by atoms with van der Waals surface area (Å²) < 4.78 is 0. The van der Waals surface area contributed by atoms with Crippen LogP contribution in [0.15, 0.2) is 23.3 Å². The van der Waals surface area contributed by atoms with Gasteiger partial charge in [-0.2, -0.15) is 5.11 Å². The van der Waals surface area contributed by atoms with Crippen molar-refractivity contribution in [2.75, 3.05) is 0 Å². The molecular formula is C17H20N4O3. The number of benzene rings is 1. The molecule has 1 aromatic carbocycles. The summed E-state index contributed by atoms with van der Waals surface area (Å²) in [7, 11) is 0. The molecule has 0 bridgehead atoms. The molecule has 4 N–H and O–H groups in total. The third-order valence-electron chi connectivity index (χ3n) is 3.09. The van der Waals surface area contributed by atoms with E-state index in [1.54, 1.807) is 6.07 Å². The van der Waals surface area contributed by atoms with Gasteiger partial charge in [-0.05, 0) is 24.6 Å². The number of nitrogens with one attached hydrogen (secondary N) is 2. The van der Waals surface area contributed by atoms with E-state index >= 15 is 0 Å². The Morgan fingerprint density at radius 1 is 1.42 bits per heavy atom. The highest BCUT2D eigenvalue weighted by Gasteiger charge is 2.20. The van der Waals surface area contributed by atoms with Gasteiger partial charge in [0.15, 0.2) is 0 Å². The SMILES string of the molecule is CC(C)C#Cc1ccc(N=N)c(C(=O)NC(CCC=O)C(N)=O)c1. The molecule has 24 heavy (non-hydrogen) atoms. The Labute approximate surface area is 140 Å². The van der Waals surface area contributed by atoms with E-state index in [0.29, 0.717) is 11.8 Å². The van der Waals surface area contributed by atoms with Crippen LogP contribution in [0.25, 0.3) is 0 Å². The van der Waals surface area contributed by atoms with Gasteiger partial charge in [0, 0.05) is 17.9 Å². The van der Waals surface area contributed by atoms with E-state index in [1.807, 2.05) is 13.8 Å². The first kappa shape index (κ1) is 19.0.